The highest BCUT2D eigenvalue weighted by molar-refractivity contribution is 6.30. The van der Waals surface area contributed by atoms with Crippen LogP contribution in [0.4, 0.5) is 8.78 Å². The van der Waals surface area contributed by atoms with Gasteiger partial charge in [-0.15, -0.1) is 0 Å². The van der Waals surface area contributed by atoms with E-state index in [4.69, 9.17) is 11.6 Å². The first-order valence-electron chi connectivity index (χ1n) is 6.82. The molecular weight excluding hydrogens is 326 g/mol. The molecule has 1 aromatic carbocycles. The topological polar surface area (TPSA) is 61.4 Å². The van der Waals surface area contributed by atoms with Gasteiger partial charge in [0.15, 0.2) is 5.67 Å². The Balaban J connectivity index is 1.87. The van der Waals surface area contributed by atoms with Crippen molar-refractivity contribution in [3.63, 3.8) is 0 Å². The van der Waals surface area contributed by atoms with Crippen molar-refractivity contribution in [1.82, 2.24) is 29.5 Å². The monoisotopic (exact) mass is 338 g/mol. The molecule has 0 spiro atoms. The second-order valence-corrected chi connectivity index (χ2v) is 5.69. The molecule has 3 aromatic rings. The van der Waals surface area contributed by atoms with Crippen molar-refractivity contribution in [3.05, 3.63) is 59.9 Å². The maximum atomic E-state index is 15.5. The molecule has 0 atom stereocenters. The quantitative estimate of drug-likeness (QED) is 0.692. The Labute approximate surface area is 135 Å². The summed E-state index contributed by atoms with van der Waals surface area (Å²) >= 11 is 5.74. The second-order valence-electron chi connectivity index (χ2n) is 5.25. The fourth-order valence-electron chi connectivity index (χ4n) is 2.38. The second kappa shape index (κ2) is 6.41. The van der Waals surface area contributed by atoms with Crippen molar-refractivity contribution in [1.29, 1.82) is 0 Å². The molecule has 23 heavy (non-hydrogen) atoms. The smallest absolute Gasteiger partial charge is 0.154 e. The summed E-state index contributed by atoms with van der Waals surface area (Å²) in [5.74, 6) is -0.545. The van der Waals surface area contributed by atoms with Crippen LogP contribution in [-0.2, 0) is 19.5 Å². The SMILES string of the molecule is Fc1cc(Cl)ccc1CC(F)(Cn1cncn1)Cn1cncn1. The summed E-state index contributed by atoms with van der Waals surface area (Å²) in [5.41, 5.74) is -1.59. The minimum Gasteiger partial charge on any atom is -0.250 e. The lowest BCUT2D eigenvalue weighted by atomic mass is 9.95. The van der Waals surface area contributed by atoms with Gasteiger partial charge in [0.2, 0.25) is 0 Å². The summed E-state index contributed by atoms with van der Waals surface area (Å²) in [6, 6.07) is 4.18. The Morgan fingerprint density at radius 3 is 2.13 bits per heavy atom. The van der Waals surface area contributed by atoms with Crippen LogP contribution in [-0.4, -0.2) is 35.2 Å². The number of aromatic nitrogens is 6. The lowest BCUT2D eigenvalue weighted by Crippen LogP contribution is -2.37. The summed E-state index contributed by atoms with van der Waals surface area (Å²) in [5, 5.41) is 8.10. The largest absolute Gasteiger partial charge is 0.250 e. The van der Waals surface area contributed by atoms with Crippen LogP contribution in [0.15, 0.2) is 43.5 Å². The van der Waals surface area contributed by atoms with Gasteiger partial charge in [0.05, 0.1) is 13.1 Å². The Bertz CT molecular complexity index is 723. The summed E-state index contributed by atoms with van der Waals surface area (Å²) < 4.78 is 32.3. The third-order valence-electron chi connectivity index (χ3n) is 3.35. The Hall–Kier alpha value is -2.35. The predicted octanol–water partition coefficient (Wildman–Crippen LogP) is 2.31. The minimum absolute atomic E-state index is 0.0884. The van der Waals surface area contributed by atoms with E-state index in [1.807, 2.05) is 0 Å². The standard InChI is InChI=1S/C14H13ClF2N6/c15-12-2-1-11(13(16)3-12)4-14(17,5-22-9-18-7-20-22)6-23-10-19-8-21-23/h1-3,7-10H,4-6H2. The molecule has 3 rings (SSSR count). The average Bonchev–Trinajstić information content (AvgIpc) is 3.16. The van der Waals surface area contributed by atoms with E-state index in [0.29, 0.717) is 0 Å². The highest BCUT2D eigenvalue weighted by Gasteiger charge is 2.33. The molecule has 2 heterocycles. The first-order valence-corrected chi connectivity index (χ1v) is 7.20. The molecule has 0 saturated carbocycles. The van der Waals surface area contributed by atoms with Gasteiger partial charge in [-0.3, -0.25) is 0 Å². The normalized spacial score (nSPS) is 11.8. The molecular formula is C14H13ClF2N6. The van der Waals surface area contributed by atoms with Crippen molar-refractivity contribution >= 4 is 11.6 Å². The van der Waals surface area contributed by atoms with Gasteiger partial charge in [-0.2, -0.15) is 10.2 Å². The van der Waals surface area contributed by atoms with Gasteiger partial charge in [-0.1, -0.05) is 17.7 Å². The highest BCUT2D eigenvalue weighted by atomic mass is 35.5. The number of hydrogen-bond donors (Lipinski definition) is 0. The van der Waals surface area contributed by atoms with E-state index < -0.39 is 11.5 Å². The Morgan fingerprint density at radius 2 is 1.65 bits per heavy atom. The fourth-order valence-corrected chi connectivity index (χ4v) is 2.54. The van der Waals surface area contributed by atoms with Gasteiger partial charge in [0.1, 0.15) is 31.1 Å². The zero-order valence-corrected chi connectivity index (χ0v) is 12.7. The molecule has 2 aromatic heterocycles. The molecule has 0 aliphatic rings. The van der Waals surface area contributed by atoms with Crippen LogP contribution in [0, 0.1) is 5.82 Å². The minimum atomic E-state index is -1.82. The van der Waals surface area contributed by atoms with Crippen LogP contribution < -0.4 is 0 Å². The van der Waals surface area contributed by atoms with E-state index in [9.17, 15) is 4.39 Å². The van der Waals surface area contributed by atoms with Gasteiger partial charge in [-0.05, 0) is 17.7 Å². The molecule has 0 saturated heterocycles. The molecule has 0 aliphatic carbocycles. The number of nitrogens with zero attached hydrogens (tertiary/aromatic N) is 6. The third-order valence-corrected chi connectivity index (χ3v) is 3.58. The summed E-state index contributed by atoms with van der Waals surface area (Å²) in [4.78, 5) is 7.60. The predicted molar refractivity (Wildman–Crippen MR) is 79.0 cm³/mol. The van der Waals surface area contributed by atoms with Gasteiger partial charge >= 0.3 is 0 Å². The van der Waals surface area contributed by atoms with Gasteiger partial charge in [0.25, 0.3) is 0 Å². The Morgan fingerprint density at radius 1 is 1.04 bits per heavy atom. The van der Waals surface area contributed by atoms with Crippen LogP contribution >= 0.6 is 11.6 Å². The van der Waals surface area contributed by atoms with E-state index in [0.717, 1.165) is 0 Å². The first kappa shape index (κ1) is 15.5. The highest BCUT2D eigenvalue weighted by Crippen LogP contribution is 2.25. The van der Waals surface area contributed by atoms with E-state index in [1.54, 1.807) is 0 Å². The van der Waals surface area contributed by atoms with Crippen molar-refractivity contribution in [3.8, 4) is 0 Å². The average molecular weight is 339 g/mol. The maximum Gasteiger partial charge on any atom is 0.154 e. The number of rotatable bonds is 6. The maximum absolute atomic E-state index is 15.5. The van der Waals surface area contributed by atoms with E-state index in [1.165, 1.54) is 52.9 Å². The van der Waals surface area contributed by atoms with Gasteiger partial charge in [-0.25, -0.2) is 28.1 Å². The van der Waals surface area contributed by atoms with Crippen molar-refractivity contribution in [2.24, 2.45) is 0 Å². The van der Waals surface area contributed by atoms with Crippen LogP contribution in [0.2, 0.25) is 5.02 Å². The molecule has 6 nitrogen and oxygen atoms in total. The molecule has 9 heteroatoms. The van der Waals surface area contributed by atoms with Crippen LogP contribution in [0.1, 0.15) is 5.56 Å². The summed E-state index contributed by atoms with van der Waals surface area (Å²) in [6.45, 7) is -0.177. The third kappa shape index (κ3) is 3.89. The lowest BCUT2D eigenvalue weighted by Gasteiger charge is -2.25. The summed E-state index contributed by atoms with van der Waals surface area (Å²) in [7, 11) is 0. The molecule has 0 bridgehead atoms. The Kier molecular flexibility index (Phi) is 4.33. The molecule has 0 unspecified atom stereocenters. The molecule has 0 fully saturated rings. The van der Waals surface area contributed by atoms with E-state index in [-0.39, 0.29) is 30.1 Å². The van der Waals surface area contributed by atoms with Crippen LogP contribution in [0.3, 0.4) is 0 Å². The van der Waals surface area contributed by atoms with Crippen molar-refractivity contribution in [2.45, 2.75) is 25.2 Å². The number of alkyl halides is 1. The summed E-state index contributed by atoms with van der Waals surface area (Å²) in [6.07, 6.45) is 5.30. The van der Waals surface area contributed by atoms with Crippen LogP contribution in [0.5, 0.6) is 0 Å². The zero-order valence-electron chi connectivity index (χ0n) is 12.0. The molecule has 0 amide bonds. The number of benzene rings is 1. The molecule has 0 aliphatic heterocycles. The zero-order chi connectivity index (χ0) is 16.3. The fraction of sp³-hybridized carbons (Fsp3) is 0.286. The first-order chi connectivity index (χ1) is 11.0. The number of hydrogen-bond acceptors (Lipinski definition) is 4. The van der Waals surface area contributed by atoms with Gasteiger partial charge in [0, 0.05) is 11.4 Å². The number of halogens is 3. The molecule has 120 valence electrons. The molecule has 0 N–H and O–H groups in total. The lowest BCUT2D eigenvalue weighted by molar-refractivity contribution is 0.100. The van der Waals surface area contributed by atoms with Crippen molar-refractivity contribution < 1.29 is 8.78 Å². The van der Waals surface area contributed by atoms with Crippen molar-refractivity contribution in [2.75, 3.05) is 0 Å². The van der Waals surface area contributed by atoms with Gasteiger partial charge < -0.3 is 0 Å². The van der Waals surface area contributed by atoms with E-state index in [2.05, 4.69) is 20.2 Å². The molecule has 0 radical (unpaired) electrons. The van der Waals surface area contributed by atoms with E-state index >= 15 is 4.39 Å². The van der Waals surface area contributed by atoms with Crippen LogP contribution in [0.25, 0.3) is 0 Å².